The van der Waals surface area contributed by atoms with Gasteiger partial charge in [-0.25, -0.2) is 0 Å². The maximum Gasteiger partial charge on any atom is 0.226 e. The number of carbonyl (C=O) groups excluding carboxylic acids is 2. The van der Waals surface area contributed by atoms with E-state index in [0.717, 1.165) is 11.3 Å². The number of nitrogens with one attached hydrogen (secondary N) is 2. The lowest BCUT2D eigenvalue weighted by atomic mass is 9.87. The molecule has 132 valence electrons. The first-order chi connectivity index (χ1) is 11.8. The van der Waals surface area contributed by atoms with Gasteiger partial charge < -0.3 is 10.6 Å². The number of amides is 2. The first-order valence-corrected chi connectivity index (χ1v) is 8.48. The first kappa shape index (κ1) is 18.7. The maximum atomic E-state index is 12.4. The minimum absolute atomic E-state index is 0.0757. The first-order valence-electron chi connectivity index (χ1n) is 8.48. The third-order valence-corrected chi connectivity index (χ3v) is 4.00. The smallest absolute Gasteiger partial charge is 0.226 e. The third kappa shape index (κ3) is 5.75. The van der Waals surface area contributed by atoms with Crippen molar-refractivity contribution in [2.75, 3.05) is 5.32 Å². The van der Waals surface area contributed by atoms with Crippen molar-refractivity contribution in [1.29, 1.82) is 0 Å². The summed E-state index contributed by atoms with van der Waals surface area (Å²) in [6.07, 6.45) is 0.185. The highest BCUT2D eigenvalue weighted by atomic mass is 16.2. The van der Waals surface area contributed by atoms with Gasteiger partial charge >= 0.3 is 0 Å². The molecule has 2 amide bonds. The summed E-state index contributed by atoms with van der Waals surface area (Å²) in [4.78, 5) is 23.9. The molecule has 0 aliphatic heterocycles. The highest BCUT2D eigenvalue weighted by Crippen LogP contribution is 2.24. The van der Waals surface area contributed by atoms with Crippen LogP contribution in [0.1, 0.15) is 51.3 Å². The lowest BCUT2D eigenvalue weighted by molar-refractivity contribution is -0.120. The molecule has 25 heavy (non-hydrogen) atoms. The molecular weight excluding hydrogens is 312 g/mol. The van der Waals surface area contributed by atoms with Crippen molar-refractivity contribution in [2.45, 2.75) is 45.6 Å². The van der Waals surface area contributed by atoms with E-state index in [0.29, 0.717) is 0 Å². The summed E-state index contributed by atoms with van der Waals surface area (Å²) in [5.74, 6) is -0.290. The summed E-state index contributed by atoms with van der Waals surface area (Å²) in [6.45, 7) is 7.91. The fourth-order valence-electron chi connectivity index (χ4n) is 2.63. The van der Waals surface area contributed by atoms with Crippen LogP contribution in [-0.2, 0) is 15.0 Å². The van der Waals surface area contributed by atoms with E-state index in [4.69, 9.17) is 0 Å². The lowest BCUT2D eigenvalue weighted by Crippen LogP contribution is -2.29. The zero-order valence-electron chi connectivity index (χ0n) is 15.3. The minimum atomic E-state index is -0.340. The number of anilines is 1. The van der Waals surface area contributed by atoms with Crippen molar-refractivity contribution in [1.82, 2.24) is 5.32 Å². The molecule has 2 aromatic rings. The van der Waals surface area contributed by atoms with Crippen LogP contribution in [0, 0.1) is 0 Å². The van der Waals surface area contributed by atoms with Crippen LogP contribution in [0.5, 0.6) is 0 Å². The van der Waals surface area contributed by atoms with E-state index in [1.165, 1.54) is 12.5 Å². The number of benzene rings is 2. The molecule has 0 spiro atoms. The Balaban J connectivity index is 2.05. The summed E-state index contributed by atoms with van der Waals surface area (Å²) in [7, 11) is 0. The van der Waals surface area contributed by atoms with Crippen LogP contribution in [0.25, 0.3) is 0 Å². The Morgan fingerprint density at radius 1 is 0.960 bits per heavy atom. The van der Waals surface area contributed by atoms with Gasteiger partial charge in [0.1, 0.15) is 0 Å². The highest BCUT2D eigenvalue weighted by Gasteiger charge is 2.17. The van der Waals surface area contributed by atoms with Crippen molar-refractivity contribution < 1.29 is 9.59 Å². The molecule has 0 saturated heterocycles. The second kappa shape index (κ2) is 7.97. The van der Waals surface area contributed by atoms with E-state index < -0.39 is 0 Å². The molecule has 0 fully saturated rings. The normalized spacial score (nSPS) is 12.3. The Morgan fingerprint density at radius 2 is 1.56 bits per heavy atom. The van der Waals surface area contributed by atoms with Gasteiger partial charge in [0, 0.05) is 12.6 Å². The van der Waals surface area contributed by atoms with Gasteiger partial charge in [0.05, 0.1) is 12.5 Å². The van der Waals surface area contributed by atoms with Gasteiger partial charge in [-0.1, -0.05) is 63.2 Å². The molecule has 2 aromatic carbocycles. The maximum absolute atomic E-state index is 12.4. The molecule has 4 heteroatoms. The Bertz CT molecular complexity index is 716. The zero-order valence-corrected chi connectivity index (χ0v) is 15.3. The van der Waals surface area contributed by atoms with Crippen LogP contribution >= 0.6 is 0 Å². The van der Waals surface area contributed by atoms with Gasteiger partial charge in [-0.3, -0.25) is 9.59 Å². The molecule has 0 aromatic heterocycles. The SMILES string of the molecule is CC(=O)NC(CC(=O)Nc1ccc(C(C)(C)C)cc1)c1ccccc1. The van der Waals surface area contributed by atoms with Crippen LogP contribution in [0.4, 0.5) is 5.69 Å². The van der Waals surface area contributed by atoms with Gasteiger partial charge in [-0.05, 0) is 28.7 Å². The predicted molar refractivity (Wildman–Crippen MR) is 101 cm³/mol. The van der Waals surface area contributed by atoms with Gasteiger partial charge in [-0.2, -0.15) is 0 Å². The van der Waals surface area contributed by atoms with E-state index in [1.807, 2.05) is 54.6 Å². The van der Waals surface area contributed by atoms with Crippen LogP contribution in [0.15, 0.2) is 54.6 Å². The molecule has 4 nitrogen and oxygen atoms in total. The second-order valence-electron chi connectivity index (χ2n) is 7.24. The molecule has 0 bridgehead atoms. The number of hydrogen-bond acceptors (Lipinski definition) is 2. The fourth-order valence-corrected chi connectivity index (χ4v) is 2.63. The van der Waals surface area contributed by atoms with Crippen molar-refractivity contribution >= 4 is 17.5 Å². The molecule has 0 aliphatic carbocycles. The molecular formula is C21H26N2O2. The van der Waals surface area contributed by atoms with Crippen molar-refractivity contribution in [3.8, 4) is 0 Å². The molecule has 0 aliphatic rings. The Labute approximate surface area is 149 Å². The number of carbonyl (C=O) groups is 2. The van der Waals surface area contributed by atoms with Gasteiger partial charge in [0.25, 0.3) is 0 Å². The Morgan fingerprint density at radius 3 is 2.08 bits per heavy atom. The molecule has 0 heterocycles. The summed E-state index contributed by atoms with van der Waals surface area (Å²) in [5, 5.41) is 5.75. The average Bonchev–Trinajstić information content (AvgIpc) is 2.54. The Kier molecular flexibility index (Phi) is 5.97. The molecule has 1 unspecified atom stereocenters. The summed E-state index contributed by atoms with van der Waals surface area (Å²) >= 11 is 0. The van der Waals surface area contributed by atoms with Crippen LogP contribution < -0.4 is 10.6 Å². The zero-order chi connectivity index (χ0) is 18.4. The van der Waals surface area contributed by atoms with E-state index in [1.54, 1.807) is 0 Å². The fraction of sp³-hybridized carbons (Fsp3) is 0.333. The standard InChI is InChI=1S/C21H26N2O2/c1-15(24)22-19(16-8-6-5-7-9-16)14-20(25)23-18-12-10-17(11-13-18)21(2,3)4/h5-13,19H,14H2,1-4H3,(H,22,24)(H,23,25). The van der Waals surface area contributed by atoms with Crippen LogP contribution in [-0.4, -0.2) is 11.8 Å². The van der Waals surface area contributed by atoms with E-state index in [-0.39, 0.29) is 29.7 Å². The molecule has 2 rings (SSSR count). The molecule has 2 N–H and O–H groups in total. The number of hydrogen-bond donors (Lipinski definition) is 2. The highest BCUT2D eigenvalue weighted by molar-refractivity contribution is 5.91. The van der Waals surface area contributed by atoms with Crippen molar-refractivity contribution in [3.05, 3.63) is 65.7 Å². The van der Waals surface area contributed by atoms with Gasteiger partial charge in [-0.15, -0.1) is 0 Å². The third-order valence-electron chi connectivity index (χ3n) is 4.00. The second-order valence-corrected chi connectivity index (χ2v) is 7.24. The van der Waals surface area contributed by atoms with Crippen LogP contribution in [0.3, 0.4) is 0 Å². The van der Waals surface area contributed by atoms with Gasteiger partial charge in [0.15, 0.2) is 0 Å². The quantitative estimate of drug-likeness (QED) is 0.859. The topological polar surface area (TPSA) is 58.2 Å². The summed E-state index contributed by atoms with van der Waals surface area (Å²) < 4.78 is 0. The number of rotatable bonds is 5. The van der Waals surface area contributed by atoms with E-state index >= 15 is 0 Å². The van der Waals surface area contributed by atoms with E-state index in [2.05, 4.69) is 31.4 Å². The monoisotopic (exact) mass is 338 g/mol. The molecule has 1 atom stereocenters. The molecule has 0 radical (unpaired) electrons. The summed E-state index contributed by atoms with van der Waals surface area (Å²) in [6, 6.07) is 17.1. The molecule has 0 saturated carbocycles. The summed E-state index contributed by atoms with van der Waals surface area (Å²) in [5.41, 5.74) is 2.96. The van der Waals surface area contributed by atoms with Crippen LogP contribution in [0.2, 0.25) is 0 Å². The minimum Gasteiger partial charge on any atom is -0.349 e. The van der Waals surface area contributed by atoms with Gasteiger partial charge in [0.2, 0.25) is 11.8 Å². The average molecular weight is 338 g/mol. The lowest BCUT2D eigenvalue weighted by Gasteiger charge is -2.20. The van der Waals surface area contributed by atoms with Crippen molar-refractivity contribution in [2.24, 2.45) is 0 Å². The predicted octanol–water partition coefficient (Wildman–Crippen LogP) is 4.19. The largest absolute Gasteiger partial charge is 0.349 e. The van der Waals surface area contributed by atoms with E-state index in [9.17, 15) is 9.59 Å². The van der Waals surface area contributed by atoms with Crippen molar-refractivity contribution in [3.63, 3.8) is 0 Å². The Hall–Kier alpha value is -2.62.